The predicted molar refractivity (Wildman–Crippen MR) is 385 cm³/mol. The van der Waals surface area contributed by atoms with Crippen LogP contribution in [0.5, 0.6) is 23.0 Å². The van der Waals surface area contributed by atoms with Crippen LogP contribution in [0.2, 0.25) is 0 Å². The molecule has 0 bridgehead atoms. The van der Waals surface area contributed by atoms with E-state index in [1.54, 1.807) is 22.7 Å². The molecule has 0 fully saturated rings. The summed E-state index contributed by atoms with van der Waals surface area (Å²) >= 11 is 7.23. The molecule has 2 N–H and O–H groups in total. The van der Waals surface area contributed by atoms with Crippen molar-refractivity contribution < 1.29 is 19.7 Å². The number of thiophene rings is 4. The van der Waals surface area contributed by atoms with Crippen LogP contribution in [0, 0.1) is 0 Å². The van der Waals surface area contributed by atoms with Crippen molar-refractivity contribution in [3.05, 3.63) is 278 Å². The van der Waals surface area contributed by atoms with Crippen molar-refractivity contribution >= 4 is 148 Å². The van der Waals surface area contributed by atoms with E-state index in [0.717, 1.165) is 86.6 Å². The fourth-order valence-electron chi connectivity index (χ4n) is 13.7. The fourth-order valence-corrected chi connectivity index (χ4v) is 18.6. The van der Waals surface area contributed by atoms with Gasteiger partial charge in [0.25, 0.3) is 0 Å². The molecule has 0 unspecified atom stereocenters. The second-order valence-electron chi connectivity index (χ2n) is 23.1. The van der Waals surface area contributed by atoms with Crippen LogP contribution in [0.4, 0.5) is 0 Å². The lowest BCUT2D eigenvalue weighted by Gasteiger charge is -2.22. The summed E-state index contributed by atoms with van der Waals surface area (Å²) in [7, 11) is 0. The SMILES string of the molecule is OCc1ccc(Oc2ccc3cc(-c4cccc5c4sc4ccccc45)ccc3c2-c2c(Oc3ccc(CO)cc3-c3cccc4c3sc3ccccc34)ccc3cc(-c4cccc5c4sc4ccccc45)ccc23)c(-c2cccc3c2sc2ccccc23)c1. The van der Waals surface area contributed by atoms with Gasteiger partial charge in [-0.1, -0.05) is 194 Å². The second kappa shape index (κ2) is 21.4. The molecule has 0 atom stereocenters. The third kappa shape index (κ3) is 8.59. The van der Waals surface area contributed by atoms with Crippen LogP contribution in [0.3, 0.4) is 0 Å². The molecule has 4 nitrogen and oxygen atoms in total. The van der Waals surface area contributed by atoms with Crippen molar-refractivity contribution in [1.29, 1.82) is 0 Å². The van der Waals surface area contributed by atoms with Gasteiger partial charge in [0.2, 0.25) is 0 Å². The van der Waals surface area contributed by atoms with E-state index in [9.17, 15) is 10.2 Å². The van der Waals surface area contributed by atoms with Crippen LogP contribution in [-0.2, 0) is 13.2 Å². The van der Waals surface area contributed by atoms with Crippen LogP contribution in [-0.4, -0.2) is 10.2 Å². The van der Waals surface area contributed by atoms with E-state index in [1.165, 1.54) is 82.4 Å². The second-order valence-corrected chi connectivity index (χ2v) is 27.3. The molecule has 4 heterocycles. The Morgan fingerprint density at radius 3 is 0.933 bits per heavy atom. The Labute approximate surface area is 533 Å². The van der Waals surface area contributed by atoms with E-state index >= 15 is 0 Å². The summed E-state index contributed by atoms with van der Waals surface area (Å²) in [4.78, 5) is 0. The van der Waals surface area contributed by atoms with Gasteiger partial charge in [-0.3, -0.25) is 0 Å². The molecule has 18 aromatic rings. The minimum Gasteiger partial charge on any atom is -0.456 e. The lowest BCUT2D eigenvalue weighted by molar-refractivity contribution is 0.281. The van der Waals surface area contributed by atoms with Gasteiger partial charge in [0.15, 0.2) is 0 Å². The van der Waals surface area contributed by atoms with E-state index in [-0.39, 0.29) is 13.2 Å². The van der Waals surface area contributed by atoms with Gasteiger partial charge in [0.1, 0.15) is 23.0 Å². The van der Waals surface area contributed by atoms with E-state index in [2.05, 4.69) is 243 Å². The maximum Gasteiger partial charge on any atom is 0.136 e. The van der Waals surface area contributed by atoms with Gasteiger partial charge in [-0.05, 0) is 128 Å². The summed E-state index contributed by atoms with van der Waals surface area (Å²) in [5.74, 6) is 2.60. The highest BCUT2D eigenvalue weighted by Crippen LogP contribution is 2.53. The average Bonchev–Trinajstić information content (AvgIpc) is 0.836. The Morgan fingerprint density at radius 1 is 0.244 bits per heavy atom. The lowest BCUT2D eigenvalue weighted by atomic mass is 9.89. The zero-order chi connectivity index (χ0) is 59.6. The van der Waals surface area contributed by atoms with Crippen LogP contribution >= 0.6 is 45.3 Å². The third-order valence-electron chi connectivity index (χ3n) is 17.9. The zero-order valence-electron chi connectivity index (χ0n) is 48.2. The largest absolute Gasteiger partial charge is 0.456 e. The van der Waals surface area contributed by atoms with Crippen molar-refractivity contribution in [2.45, 2.75) is 13.2 Å². The van der Waals surface area contributed by atoms with E-state index < -0.39 is 0 Å². The topological polar surface area (TPSA) is 58.9 Å². The number of rotatable bonds is 11. The molecule has 8 heteroatoms. The molecule has 18 rings (SSSR count). The Bertz CT molecular complexity index is 5610. The van der Waals surface area contributed by atoms with Crippen LogP contribution < -0.4 is 9.47 Å². The number of benzene rings is 14. The first kappa shape index (κ1) is 53.1. The molecule has 90 heavy (non-hydrogen) atoms. The summed E-state index contributed by atoms with van der Waals surface area (Å²) in [5.41, 5.74) is 11.8. The van der Waals surface area contributed by atoms with Crippen LogP contribution in [0.1, 0.15) is 11.1 Å². The normalized spacial score (nSPS) is 12.0. The highest BCUT2D eigenvalue weighted by Gasteiger charge is 2.26. The van der Waals surface area contributed by atoms with Gasteiger partial charge < -0.3 is 19.7 Å². The molecule has 14 aromatic carbocycles. The first-order valence-corrected chi connectivity index (χ1v) is 33.4. The molecular weight excluding hydrogens is 1180 g/mol. The summed E-state index contributed by atoms with van der Waals surface area (Å²) in [6.45, 7) is -0.244. The van der Waals surface area contributed by atoms with Gasteiger partial charge in [-0.25, -0.2) is 0 Å². The summed E-state index contributed by atoms with van der Waals surface area (Å²) in [6.07, 6.45) is 0. The summed E-state index contributed by atoms with van der Waals surface area (Å²) in [5, 5.41) is 35.5. The van der Waals surface area contributed by atoms with Crippen LogP contribution in [0.25, 0.3) is 158 Å². The maximum atomic E-state index is 10.8. The molecule has 0 aliphatic carbocycles. The standard InChI is InChI=1S/C82H50O4S4/c83-45-47-29-37-69(67(41-47)65-23-11-21-63-59-15-3-7-27-75(59)89-81(63)65)85-71-39-33-49-43-51(55-17-9-19-61-57-13-1-5-25-73(57)87-79(55)61)31-35-53(49)77(71)78-54-36-32-52(56-18-10-20-62-58-14-2-6-26-74(58)88-80(56)62)44-50(54)34-40-72(78)86-70-38-30-48(46-84)42-68(70)66-24-12-22-64-60-16-4-8-28-76(60)90-82(64)66/h1-44,83-84H,45-46H2. The Kier molecular flexibility index (Phi) is 12.6. The minimum atomic E-state index is -0.122. The highest BCUT2D eigenvalue weighted by atomic mass is 32.1. The quantitative estimate of drug-likeness (QED) is 0.135. The lowest BCUT2D eigenvalue weighted by Crippen LogP contribution is -1.98. The van der Waals surface area contributed by atoms with E-state index in [0.29, 0.717) is 23.0 Å². The van der Waals surface area contributed by atoms with Gasteiger partial charge in [-0.15, -0.1) is 45.3 Å². The average molecular weight is 1230 g/mol. The van der Waals surface area contributed by atoms with Gasteiger partial charge in [-0.2, -0.15) is 0 Å². The van der Waals surface area contributed by atoms with E-state index in [1.807, 2.05) is 46.9 Å². The van der Waals surface area contributed by atoms with Crippen LogP contribution in [0.15, 0.2) is 267 Å². The monoisotopic (exact) mass is 1230 g/mol. The number of hydrogen-bond donors (Lipinski definition) is 2. The molecule has 0 radical (unpaired) electrons. The highest BCUT2D eigenvalue weighted by molar-refractivity contribution is 7.27. The van der Waals surface area contributed by atoms with Crippen molar-refractivity contribution in [3.63, 3.8) is 0 Å². The Hall–Kier alpha value is -10.0. The van der Waals surface area contributed by atoms with E-state index in [4.69, 9.17) is 9.47 Å². The molecular formula is C82H50O4S4. The molecule has 426 valence electrons. The molecule has 0 saturated heterocycles. The van der Waals surface area contributed by atoms with Crippen molar-refractivity contribution in [2.75, 3.05) is 0 Å². The Balaban J connectivity index is 0.896. The summed E-state index contributed by atoms with van der Waals surface area (Å²) < 4.78 is 25.1. The number of aliphatic hydroxyl groups is 2. The molecule has 0 aliphatic heterocycles. The van der Waals surface area contributed by atoms with Gasteiger partial charge >= 0.3 is 0 Å². The van der Waals surface area contributed by atoms with Crippen molar-refractivity contribution in [2.24, 2.45) is 0 Å². The molecule has 0 saturated carbocycles. The number of fused-ring (bicyclic) bond motifs is 14. The third-order valence-corrected chi connectivity index (χ3v) is 22.8. The minimum absolute atomic E-state index is 0.122. The van der Waals surface area contributed by atoms with Gasteiger partial charge in [0, 0.05) is 114 Å². The van der Waals surface area contributed by atoms with Gasteiger partial charge in [0.05, 0.1) is 13.2 Å². The smallest absolute Gasteiger partial charge is 0.136 e. The van der Waals surface area contributed by atoms with Crippen molar-refractivity contribution in [3.8, 4) is 78.6 Å². The fraction of sp³-hybridized carbons (Fsp3) is 0.0244. The number of aliphatic hydroxyl groups excluding tert-OH is 2. The molecule has 0 aliphatic rings. The first-order valence-electron chi connectivity index (χ1n) is 30.1. The maximum absolute atomic E-state index is 10.8. The number of ether oxygens (including phenoxy) is 2. The molecule has 0 spiro atoms. The summed E-state index contributed by atoms with van der Waals surface area (Å²) in [6, 6.07) is 95.4. The predicted octanol–water partition coefficient (Wildman–Crippen LogP) is 24.4. The Morgan fingerprint density at radius 2 is 0.567 bits per heavy atom. The first-order chi connectivity index (χ1) is 44.5. The number of hydrogen-bond acceptors (Lipinski definition) is 8. The zero-order valence-corrected chi connectivity index (χ0v) is 51.4. The molecule has 4 aromatic heterocycles. The van der Waals surface area contributed by atoms with Crippen molar-refractivity contribution in [1.82, 2.24) is 0 Å². The molecule has 0 amide bonds.